The standard InChI is InChI=1S/C31H33N5O4.BrH/c1-34-15-17-36(18-16-34)20-27(37)35(2)24-12-10-23(11-13-24)32-29(21-7-5-4-6-8-21)28-25-14-9-22(31(39)40-3)19-26(25)33-30(28)38;/h4-14,19,32H,15-18,20H2,1-3H3,(H,33,38);1H. The molecular formula is C31H34BrN5O4. The number of carbonyl (C=O) groups excluding carboxylic acids is 3. The SMILES string of the molecule is Br.COC(=O)c1ccc2c(c1)NC(=O)C2=C(Nc1ccc(N(C)C(=O)CN2CCN(C)CC2)cc1)c1ccccc1. The Morgan fingerprint density at radius 1 is 0.951 bits per heavy atom. The van der Waals surface area contributed by atoms with Crippen molar-refractivity contribution in [3.63, 3.8) is 0 Å². The average molecular weight is 621 g/mol. The number of benzene rings is 3. The van der Waals surface area contributed by atoms with Crippen molar-refractivity contribution in [1.82, 2.24) is 9.80 Å². The monoisotopic (exact) mass is 619 g/mol. The summed E-state index contributed by atoms with van der Waals surface area (Å²) in [4.78, 5) is 44.3. The molecule has 0 unspecified atom stereocenters. The molecule has 2 aliphatic heterocycles. The van der Waals surface area contributed by atoms with E-state index in [0.717, 1.165) is 43.1 Å². The molecule has 41 heavy (non-hydrogen) atoms. The quantitative estimate of drug-likeness (QED) is 0.302. The molecule has 0 atom stereocenters. The Labute approximate surface area is 250 Å². The largest absolute Gasteiger partial charge is 0.465 e. The first-order valence-corrected chi connectivity index (χ1v) is 13.2. The van der Waals surface area contributed by atoms with Crippen molar-refractivity contribution in [1.29, 1.82) is 0 Å². The number of carbonyl (C=O) groups is 3. The van der Waals surface area contributed by atoms with E-state index in [1.165, 1.54) is 7.11 Å². The molecule has 0 spiro atoms. The number of hydrogen-bond donors (Lipinski definition) is 2. The van der Waals surface area contributed by atoms with E-state index in [0.29, 0.717) is 34.6 Å². The van der Waals surface area contributed by atoms with Crippen LogP contribution in [-0.2, 0) is 14.3 Å². The number of likely N-dealkylation sites (N-methyl/N-ethyl adjacent to an activating group) is 2. The van der Waals surface area contributed by atoms with E-state index < -0.39 is 5.97 Å². The van der Waals surface area contributed by atoms with E-state index in [1.807, 2.05) is 54.6 Å². The highest BCUT2D eigenvalue weighted by molar-refractivity contribution is 8.93. The molecule has 214 valence electrons. The van der Waals surface area contributed by atoms with Gasteiger partial charge in [0, 0.05) is 50.2 Å². The average Bonchev–Trinajstić information content (AvgIpc) is 3.31. The predicted molar refractivity (Wildman–Crippen MR) is 167 cm³/mol. The first kappa shape index (κ1) is 30.0. The van der Waals surface area contributed by atoms with Crippen LogP contribution in [0.5, 0.6) is 0 Å². The molecule has 1 fully saturated rings. The Morgan fingerprint density at radius 3 is 2.29 bits per heavy atom. The number of rotatable bonds is 7. The van der Waals surface area contributed by atoms with Crippen LogP contribution < -0.4 is 15.5 Å². The highest BCUT2D eigenvalue weighted by Gasteiger charge is 2.29. The maximum Gasteiger partial charge on any atom is 0.337 e. The Kier molecular flexibility index (Phi) is 9.59. The second kappa shape index (κ2) is 13.1. The van der Waals surface area contributed by atoms with Gasteiger partial charge in [0.2, 0.25) is 5.91 Å². The number of nitrogens with one attached hydrogen (secondary N) is 2. The minimum Gasteiger partial charge on any atom is -0.465 e. The van der Waals surface area contributed by atoms with Crippen LogP contribution in [-0.4, -0.2) is 81.5 Å². The Bertz CT molecular complexity index is 1450. The summed E-state index contributed by atoms with van der Waals surface area (Å²) in [5, 5.41) is 6.31. The summed E-state index contributed by atoms with van der Waals surface area (Å²) in [6, 6.07) is 22.2. The summed E-state index contributed by atoms with van der Waals surface area (Å²) >= 11 is 0. The number of piperazine rings is 1. The number of hydrogen-bond acceptors (Lipinski definition) is 7. The third-order valence-corrected chi connectivity index (χ3v) is 7.35. The second-order valence-corrected chi connectivity index (χ2v) is 10.0. The van der Waals surface area contributed by atoms with Gasteiger partial charge in [-0.2, -0.15) is 0 Å². The van der Waals surface area contributed by atoms with Crippen molar-refractivity contribution in [2.45, 2.75) is 0 Å². The number of nitrogens with zero attached hydrogens (tertiary/aromatic N) is 3. The van der Waals surface area contributed by atoms with Gasteiger partial charge in [0.1, 0.15) is 0 Å². The van der Waals surface area contributed by atoms with Gasteiger partial charge >= 0.3 is 5.97 Å². The van der Waals surface area contributed by atoms with Gasteiger partial charge in [-0.1, -0.05) is 36.4 Å². The Hall–Kier alpha value is -3.99. The maximum absolute atomic E-state index is 13.2. The van der Waals surface area contributed by atoms with E-state index in [2.05, 4.69) is 27.5 Å². The summed E-state index contributed by atoms with van der Waals surface area (Å²) in [5.41, 5.74) is 5.10. The third kappa shape index (κ3) is 6.67. The van der Waals surface area contributed by atoms with Gasteiger partial charge in [0.15, 0.2) is 0 Å². The number of methoxy groups -OCH3 is 1. The molecule has 2 N–H and O–H groups in total. The van der Waals surface area contributed by atoms with Crippen LogP contribution in [0, 0.1) is 0 Å². The van der Waals surface area contributed by atoms with Crippen LogP contribution >= 0.6 is 17.0 Å². The zero-order valence-corrected chi connectivity index (χ0v) is 25.1. The molecule has 10 heteroatoms. The molecule has 3 aromatic carbocycles. The van der Waals surface area contributed by atoms with E-state index in [1.54, 1.807) is 30.1 Å². The fourth-order valence-electron chi connectivity index (χ4n) is 4.91. The summed E-state index contributed by atoms with van der Waals surface area (Å²) < 4.78 is 4.82. The molecule has 0 saturated carbocycles. The van der Waals surface area contributed by atoms with Crippen LogP contribution in [0.25, 0.3) is 11.3 Å². The fraction of sp³-hybridized carbons (Fsp3) is 0.258. The molecular weight excluding hydrogens is 586 g/mol. The van der Waals surface area contributed by atoms with Crippen molar-refractivity contribution >= 4 is 63.1 Å². The lowest BCUT2D eigenvalue weighted by Crippen LogP contribution is -2.48. The van der Waals surface area contributed by atoms with Crippen molar-refractivity contribution in [3.8, 4) is 0 Å². The van der Waals surface area contributed by atoms with Crippen LogP contribution in [0.1, 0.15) is 21.5 Å². The van der Waals surface area contributed by atoms with Crippen LogP contribution in [0.4, 0.5) is 17.1 Å². The second-order valence-electron chi connectivity index (χ2n) is 10.0. The number of ether oxygens (including phenoxy) is 1. The highest BCUT2D eigenvalue weighted by atomic mass is 79.9. The predicted octanol–water partition coefficient (Wildman–Crippen LogP) is 4.19. The molecule has 0 aromatic heterocycles. The molecule has 0 aliphatic carbocycles. The fourth-order valence-corrected chi connectivity index (χ4v) is 4.91. The van der Waals surface area contributed by atoms with E-state index in [-0.39, 0.29) is 28.8 Å². The third-order valence-electron chi connectivity index (χ3n) is 7.35. The number of esters is 1. The van der Waals surface area contributed by atoms with Crippen LogP contribution in [0.15, 0.2) is 72.8 Å². The van der Waals surface area contributed by atoms with Gasteiger partial charge in [0.25, 0.3) is 5.91 Å². The summed E-state index contributed by atoms with van der Waals surface area (Å²) in [6.45, 7) is 4.09. The Balaban J connectivity index is 0.00000387. The molecule has 5 rings (SSSR count). The molecule has 3 aromatic rings. The number of halogens is 1. The van der Waals surface area contributed by atoms with Crippen LogP contribution in [0.3, 0.4) is 0 Å². The maximum atomic E-state index is 13.2. The van der Waals surface area contributed by atoms with E-state index in [4.69, 9.17) is 4.74 Å². The molecule has 9 nitrogen and oxygen atoms in total. The van der Waals surface area contributed by atoms with Gasteiger partial charge in [-0.3, -0.25) is 14.5 Å². The summed E-state index contributed by atoms with van der Waals surface area (Å²) in [6.07, 6.45) is 0. The summed E-state index contributed by atoms with van der Waals surface area (Å²) in [7, 11) is 5.21. The number of anilines is 3. The van der Waals surface area contributed by atoms with Gasteiger partial charge in [-0.25, -0.2) is 4.79 Å². The smallest absolute Gasteiger partial charge is 0.337 e. The van der Waals surface area contributed by atoms with Crippen molar-refractivity contribution in [2.24, 2.45) is 0 Å². The molecule has 2 heterocycles. The van der Waals surface area contributed by atoms with Crippen molar-refractivity contribution < 1.29 is 19.1 Å². The lowest BCUT2D eigenvalue weighted by atomic mass is 9.99. The van der Waals surface area contributed by atoms with E-state index in [9.17, 15) is 14.4 Å². The van der Waals surface area contributed by atoms with Gasteiger partial charge in [-0.05, 0) is 49.0 Å². The highest BCUT2D eigenvalue weighted by Crippen LogP contribution is 2.38. The zero-order valence-electron chi connectivity index (χ0n) is 23.3. The lowest BCUT2D eigenvalue weighted by molar-refractivity contribution is -0.119. The van der Waals surface area contributed by atoms with E-state index >= 15 is 0 Å². The summed E-state index contributed by atoms with van der Waals surface area (Å²) in [5.74, 6) is -0.694. The van der Waals surface area contributed by atoms with Gasteiger partial charge < -0.3 is 25.2 Å². The molecule has 2 amide bonds. The minimum atomic E-state index is -0.469. The molecule has 2 aliphatic rings. The normalized spacial score (nSPS) is 16.2. The zero-order chi connectivity index (χ0) is 28.2. The van der Waals surface area contributed by atoms with Crippen LogP contribution in [0.2, 0.25) is 0 Å². The number of amides is 2. The Morgan fingerprint density at radius 2 is 1.63 bits per heavy atom. The topological polar surface area (TPSA) is 94.2 Å². The number of fused-ring (bicyclic) bond motifs is 1. The lowest BCUT2D eigenvalue weighted by Gasteiger charge is -2.32. The first-order valence-electron chi connectivity index (χ1n) is 13.2. The van der Waals surface area contributed by atoms with Crippen molar-refractivity contribution in [2.75, 3.05) is 69.5 Å². The molecule has 1 saturated heterocycles. The molecule has 0 bridgehead atoms. The van der Waals surface area contributed by atoms with Crippen molar-refractivity contribution in [3.05, 3.63) is 89.5 Å². The first-order chi connectivity index (χ1) is 19.3. The van der Waals surface area contributed by atoms with Gasteiger partial charge in [0.05, 0.1) is 36.2 Å². The minimum absolute atomic E-state index is 0. The molecule has 0 radical (unpaired) electrons. The van der Waals surface area contributed by atoms with Gasteiger partial charge in [-0.15, -0.1) is 17.0 Å².